The van der Waals surface area contributed by atoms with Crippen molar-refractivity contribution in [2.24, 2.45) is 0 Å². The van der Waals surface area contributed by atoms with Crippen molar-refractivity contribution >= 4 is 0 Å². The molecule has 0 aromatic rings. The van der Waals surface area contributed by atoms with Gasteiger partial charge in [0.1, 0.15) is 0 Å². The topological polar surface area (TPSA) is 3.01 Å². The van der Waals surface area contributed by atoms with Crippen LogP contribution in [0.25, 0.3) is 0 Å². The maximum absolute atomic E-state index is 2.54. The quantitative estimate of drug-likeness (QED) is 0.419. The molecule has 1 saturated heterocycles. The molecule has 2 unspecified atom stereocenters. The Kier molecular flexibility index (Phi) is 3.20. The second-order valence-electron chi connectivity index (χ2n) is 3.24. The van der Waals surface area contributed by atoms with Gasteiger partial charge in [-0.25, -0.2) is 0 Å². The average molecular weight is 141 g/mol. The molecule has 0 radical (unpaired) electrons. The second-order valence-corrected chi connectivity index (χ2v) is 3.24. The van der Waals surface area contributed by atoms with Gasteiger partial charge in [0.25, 0.3) is 0 Å². The van der Waals surface area contributed by atoms with Gasteiger partial charge < -0.3 is 0 Å². The van der Waals surface area contributed by atoms with Crippen molar-refractivity contribution in [2.75, 3.05) is 13.1 Å². The summed E-state index contributed by atoms with van der Waals surface area (Å²) in [4.78, 5) is 2.54. The van der Waals surface area contributed by atoms with Gasteiger partial charge in [0.2, 0.25) is 0 Å². The molecule has 0 amide bonds. The fraction of sp³-hybridized carbons (Fsp3) is 1.00. The molecule has 0 N–H and O–H groups in total. The van der Waals surface area contributed by atoms with E-state index in [2.05, 4.69) is 18.7 Å². The van der Waals surface area contributed by atoms with E-state index in [4.69, 9.17) is 0 Å². The van der Waals surface area contributed by atoms with Crippen LogP contribution in [0.3, 0.4) is 0 Å². The van der Waals surface area contributed by atoms with Crippen LogP contribution in [0.5, 0.6) is 0 Å². The second kappa shape index (κ2) is 3.97. The minimum atomic E-state index is 0.969. The van der Waals surface area contributed by atoms with Crippen LogP contribution in [0.2, 0.25) is 0 Å². The van der Waals surface area contributed by atoms with Crippen LogP contribution in [-0.2, 0) is 0 Å². The van der Waals surface area contributed by atoms with E-state index in [1.54, 1.807) is 0 Å². The molecule has 1 heteroatoms. The van der Waals surface area contributed by atoms with Crippen LogP contribution in [-0.4, -0.2) is 24.0 Å². The van der Waals surface area contributed by atoms with Crippen LogP contribution < -0.4 is 0 Å². The summed E-state index contributed by atoms with van der Waals surface area (Å²) in [6.07, 6.45) is 5.67. The first-order valence-electron chi connectivity index (χ1n) is 4.62. The molecule has 0 saturated carbocycles. The van der Waals surface area contributed by atoms with Crippen molar-refractivity contribution in [3.05, 3.63) is 0 Å². The molecule has 1 heterocycles. The Balaban J connectivity index is 1.87. The smallest absolute Gasteiger partial charge is 0.0223 e. The Hall–Kier alpha value is -0.0400. The Labute approximate surface area is 64.4 Å². The fourth-order valence-electron chi connectivity index (χ4n) is 1.51. The molecular weight excluding hydrogens is 122 g/mol. The molecule has 1 rings (SSSR count). The third kappa shape index (κ3) is 2.30. The highest BCUT2D eigenvalue weighted by Gasteiger charge is 2.30. The largest absolute Gasteiger partial charge is 0.298 e. The van der Waals surface area contributed by atoms with Crippen LogP contribution in [0.4, 0.5) is 0 Å². The molecule has 10 heavy (non-hydrogen) atoms. The summed E-state index contributed by atoms with van der Waals surface area (Å²) in [6, 6.07) is 0.969. The van der Waals surface area contributed by atoms with E-state index in [-0.39, 0.29) is 0 Å². The van der Waals surface area contributed by atoms with Gasteiger partial charge >= 0.3 is 0 Å². The summed E-state index contributed by atoms with van der Waals surface area (Å²) in [5.74, 6) is 0. The van der Waals surface area contributed by atoms with Crippen molar-refractivity contribution in [1.29, 1.82) is 0 Å². The predicted octanol–water partition coefficient (Wildman–Crippen LogP) is 2.27. The van der Waals surface area contributed by atoms with Crippen molar-refractivity contribution in [3.63, 3.8) is 0 Å². The van der Waals surface area contributed by atoms with Crippen molar-refractivity contribution in [1.82, 2.24) is 4.90 Å². The molecule has 0 aromatic carbocycles. The van der Waals surface area contributed by atoms with Crippen molar-refractivity contribution in [2.45, 2.75) is 45.6 Å². The minimum Gasteiger partial charge on any atom is -0.298 e. The maximum Gasteiger partial charge on any atom is 0.0223 e. The van der Waals surface area contributed by atoms with E-state index in [1.807, 2.05) is 0 Å². The summed E-state index contributed by atoms with van der Waals surface area (Å²) < 4.78 is 0. The standard InChI is InChI=1S/C9H19N/c1-3-5-6-7-9-8-10(9)4-2/h9H,3-8H2,1-2H3. The number of hydrogen-bond donors (Lipinski definition) is 0. The Bertz CT molecular complexity index is 90.7. The molecule has 0 aliphatic carbocycles. The molecule has 1 fully saturated rings. The molecule has 0 aromatic heterocycles. The van der Waals surface area contributed by atoms with E-state index in [9.17, 15) is 0 Å². The first-order valence-corrected chi connectivity index (χ1v) is 4.62. The summed E-state index contributed by atoms with van der Waals surface area (Å²) in [5.41, 5.74) is 0. The molecule has 1 aliphatic heterocycles. The van der Waals surface area contributed by atoms with Gasteiger partial charge in [-0.15, -0.1) is 0 Å². The predicted molar refractivity (Wildman–Crippen MR) is 45.2 cm³/mol. The van der Waals surface area contributed by atoms with Crippen LogP contribution in [0.1, 0.15) is 39.5 Å². The summed E-state index contributed by atoms with van der Waals surface area (Å²) in [7, 11) is 0. The number of likely N-dealkylation sites (N-methyl/N-ethyl adjacent to an activating group) is 1. The van der Waals surface area contributed by atoms with Gasteiger partial charge in [0.15, 0.2) is 0 Å². The van der Waals surface area contributed by atoms with Gasteiger partial charge in [0, 0.05) is 12.6 Å². The van der Waals surface area contributed by atoms with Gasteiger partial charge in [-0.3, -0.25) is 4.90 Å². The van der Waals surface area contributed by atoms with Gasteiger partial charge in [-0.2, -0.15) is 0 Å². The van der Waals surface area contributed by atoms with Gasteiger partial charge in [-0.05, 0) is 13.0 Å². The van der Waals surface area contributed by atoms with E-state index in [1.165, 1.54) is 38.8 Å². The lowest BCUT2D eigenvalue weighted by atomic mass is 10.2. The summed E-state index contributed by atoms with van der Waals surface area (Å²) >= 11 is 0. The lowest BCUT2D eigenvalue weighted by Crippen LogP contribution is -1.99. The van der Waals surface area contributed by atoms with Crippen LogP contribution in [0.15, 0.2) is 0 Å². The monoisotopic (exact) mass is 141 g/mol. The van der Waals surface area contributed by atoms with Gasteiger partial charge in [-0.1, -0.05) is 33.1 Å². The van der Waals surface area contributed by atoms with E-state index < -0.39 is 0 Å². The molecule has 2 atom stereocenters. The van der Waals surface area contributed by atoms with Crippen molar-refractivity contribution in [3.8, 4) is 0 Å². The molecule has 60 valence electrons. The zero-order valence-electron chi connectivity index (χ0n) is 7.27. The fourth-order valence-corrected chi connectivity index (χ4v) is 1.51. The highest BCUT2D eigenvalue weighted by atomic mass is 15.3. The first-order chi connectivity index (χ1) is 4.88. The number of rotatable bonds is 5. The average Bonchev–Trinajstić information content (AvgIpc) is 2.68. The molecular formula is C9H19N. The first kappa shape index (κ1) is 8.06. The zero-order chi connectivity index (χ0) is 7.40. The van der Waals surface area contributed by atoms with Crippen molar-refractivity contribution < 1.29 is 0 Å². The Morgan fingerprint density at radius 1 is 1.30 bits per heavy atom. The van der Waals surface area contributed by atoms with Crippen LogP contribution in [0, 0.1) is 0 Å². The highest BCUT2D eigenvalue weighted by Crippen LogP contribution is 2.21. The number of unbranched alkanes of at least 4 members (excludes halogenated alkanes) is 2. The van der Waals surface area contributed by atoms with Crippen LogP contribution >= 0.6 is 0 Å². The molecule has 0 bridgehead atoms. The lowest BCUT2D eigenvalue weighted by Gasteiger charge is -1.97. The van der Waals surface area contributed by atoms with E-state index in [0.29, 0.717) is 0 Å². The van der Waals surface area contributed by atoms with E-state index in [0.717, 1.165) is 6.04 Å². The zero-order valence-corrected chi connectivity index (χ0v) is 7.27. The third-order valence-electron chi connectivity index (χ3n) is 2.38. The lowest BCUT2D eigenvalue weighted by molar-refractivity contribution is 0.502. The Morgan fingerprint density at radius 3 is 2.60 bits per heavy atom. The maximum atomic E-state index is 2.54. The molecule has 1 aliphatic rings. The van der Waals surface area contributed by atoms with E-state index >= 15 is 0 Å². The summed E-state index contributed by atoms with van der Waals surface area (Å²) in [5, 5.41) is 0. The highest BCUT2D eigenvalue weighted by molar-refractivity contribution is 4.87. The molecule has 0 spiro atoms. The SMILES string of the molecule is CCCCCC1CN1CC. The minimum absolute atomic E-state index is 0.969. The Morgan fingerprint density at radius 2 is 2.10 bits per heavy atom. The van der Waals surface area contributed by atoms with Gasteiger partial charge in [0.05, 0.1) is 0 Å². The normalized spacial score (nSPS) is 30.6. The third-order valence-corrected chi connectivity index (χ3v) is 2.38. The number of hydrogen-bond acceptors (Lipinski definition) is 1. The number of nitrogens with zero attached hydrogens (tertiary/aromatic N) is 1. The molecule has 1 nitrogen and oxygen atoms in total. The summed E-state index contributed by atoms with van der Waals surface area (Å²) in [6.45, 7) is 7.15.